The second-order valence-corrected chi connectivity index (χ2v) is 5.98. The van der Waals surface area contributed by atoms with Crippen molar-refractivity contribution in [3.05, 3.63) is 59.1 Å². The van der Waals surface area contributed by atoms with E-state index < -0.39 is 17.9 Å². The summed E-state index contributed by atoms with van der Waals surface area (Å²) in [4.78, 5) is 27.2. The maximum Gasteiger partial charge on any atom is 0.356 e. The molecule has 26 heavy (non-hydrogen) atoms. The maximum absolute atomic E-state index is 12.3. The number of nitrogens with one attached hydrogen (secondary N) is 1. The lowest BCUT2D eigenvalue weighted by molar-refractivity contribution is -0.119. The van der Waals surface area contributed by atoms with E-state index in [4.69, 9.17) is 16.7 Å². The molecule has 0 saturated heterocycles. The number of nitrogens with zero attached hydrogens (tertiary/aromatic N) is 5. The summed E-state index contributed by atoms with van der Waals surface area (Å²) in [6, 6.07) is 7.93. The van der Waals surface area contributed by atoms with Crippen LogP contribution in [0.1, 0.15) is 29.0 Å². The van der Waals surface area contributed by atoms with E-state index in [0.29, 0.717) is 11.6 Å². The molecule has 0 aliphatic rings. The van der Waals surface area contributed by atoms with Crippen molar-refractivity contribution in [3.63, 3.8) is 0 Å². The van der Waals surface area contributed by atoms with E-state index >= 15 is 0 Å². The monoisotopic (exact) mass is 374 g/mol. The molecule has 10 heteroatoms. The molecular formula is C16H15ClN6O3. The Balaban J connectivity index is 1.63. The van der Waals surface area contributed by atoms with Crippen LogP contribution < -0.4 is 5.32 Å². The van der Waals surface area contributed by atoms with Gasteiger partial charge < -0.3 is 5.11 Å². The summed E-state index contributed by atoms with van der Waals surface area (Å²) in [5.41, 5.74) is 0.860. The van der Waals surface area contributed by atoms with Crippen molar-refractivity contribution in [1.82, 2.24) is 24.5 Å². The van der Waals surface area contributed by atoms with Gasteiger partial charge in [-0.25, -0.2) is 14.5 Å². The summed E-state index contributed by atoms with van der Waals surface area (Å²) >= 11 is 5.85. The molecule has 0 radical (unpaired) electrons. The van der Waals surface area contributed by atoms with Crippen molar-refractivity contribution in [2.45, 2.75) is 19.5 Å². The van der Waals surface area contributed by atoms with Crippen molar-refractivity contribution in [2.24, 2.45) is 0 Å². The SMILES string of the molecule is CC(C(=O)Nc1ncn(Cc2ccc(Cl)cc2)n1)n1ccc(C(=O)O)n1. The smallest absolute Gasteiger partial charge is 0.356 e. The van der Waals surface area contributed by atoms with E-state index in [9.17, 15) is 9.59 Å². The van der Waals surface area contributed by atoms with E-state index in [1.54, 1.807) is 23.7 Å². The molecule has 2 N–H and O–H groups in total. The number of carbonyl (C=O) groups excluding carboxylic acids is 1. The van der Waals surface area contributed by atoms with E-state index in [1.807, 2.05) is 12.1 Å². The largest absolute Gasteiger partial charge is 0.476 e. The molecule has 1 aromatic carbocycles. The molecule has 0 aliphatic carbocycles. The third-order valence-electron chi connectivity index (χ3n) is 3.63. The van der Waals surface area contributed by atoms with Crippen LogP contribution in [-0.2, 0) is 11.3 Å². The van der Waals surface area contributed by atoms with Gasteiger partial charge in [0.05, 0.1) is 6.54 Å². The zero-order valence-electron chi connectivity index (χ0n) is 13.7. The van der Waals surface area contributed by atoms with Crippen molar-refractivity contribution in [2.75, 3.05) is 5.32 Å². The molecular weight excluding hydrogens is 360 g/mol. The number of rotatable bonds is 6. The molecule has 0 bridgehead atoms. The van der Waals surface area contributed by atoms with E-state index in [2.05, 4.69) is 20.5 Å². The molecule has 0 saturated carbocycles. The van der Waals surface area contributed by atoms with Gasteiger partial charge in [0.1, 0.15) is 12.4 Å². The first-order valence-electron chi connectivity index (χ1n) is 7.65. The quantitative estimate of drug-likeness (QED) is 0.682. The average Bonchev–Trinajstić information content (AvgIpc) is 3.26. The fraction of sp³-hybridized carbons (Fsp3) is 0.188. The molecule has 0 aliphatic heterocycles. The molecule has 3 rings (SSSR count). The number of aromatic carboxylic acids is 1. The Morgan fingerprint density at radius 1 is 1.23 bits per heavy atom. The third kappa shape index (κ3) is 4.06. The molecule has 9 nitrogen and oxygen atoms in total. The lowest BCUT2D eigenvalue weighted by Crippen LogP contribution is -2.25. The summed E-state index contributed by atoms with van der Waals surface area (Å²) in [6.45, 7) is 2.08. The Morgan fingerprint density at radius 2 is 1.96 bits per heavy atom. The minimum absolute atomic E-state index is 0.130. The van der Waals surface area contributed by atoms with Gasteiger partial charge in [-0.05, 0) is 30.7 Å². The van der Waals surface area contributed by atoms with Gasteiger partial charge in [-0.15, -0.1) is 5.10 Å². The number of carboxylic acid groups (broad SMARTS) is 1. The first kappa shape index (κ1) is 17.6. The van der Waals surface area contributed by atoms with Crippen molar-refractivity contribution in [3.8, 4) is 0 Å². The summed E-state index contributed by atoms with van der Waals surface area (Å²) in [5.74, 6) is -1.41. The molecule has 0 spiro atoms. The van der Waals surface area contributed by atoms with Crippen LogP contribution in [0, 0.1) is 0 Å². The van der Waals surface area contributed by atoms with E-state index in [0.717, 1.165) is 5.56 Å². The normalized spacial score (nSPS) is 11.9. The lowest BCUT2D eigenvalue weighted by atomic mass is 10.2. The summed E-state index contributed by atoms with van der Waals surface area (Å²) in [7, 11) is 0. The number of hydrogen-bond donors (Lipinski definition) is 2. The van der Waals surface area contributed by atoms with Gasteiger partial charge in [0, 0.05) is 11.2 Å². The summed E-state index contributed by atoms with van der Waals surface area (Å²) in [5, 5.41) is 20.2. The first-order valence-corrected chi connectivity index (χ1v) is 8.03. The zero-order valence-corrected chi connectivity index (χ0v) is 14.5. The van der Waals surface area contributed by atoms with Gasteiger partial charge in [-0.3, -0.25) is 14.8 Å². The Kier molecular flexibility index (Phi) is 4.99. The van der Waals surface area contributed by atoms with Gasteiger partial charge in [0.25, 0.3) is 5.91 Å². The third-order valence-corrected chi connectivity index (χ3v) is 3.89. The van der Waals surface area contributed by atoms with Crippen LogP contribution in [0.4, 0.5) is 5.95 Å². The van der Waals surface area contributed by atoms with Crippen molar-refractivity contribution < 1.29 is 14.7 Å². The molecule has 1 atom stereocenters. The Hall–Kier alpha value is -3.20. The average molecular weight is 375 g/mol. The second-order valence-electron chi connectivity index (χ2n) is 5.54. The number of benzene rings is 1. The molecule has 2 aromatic heterocycles. The minimum atomic E-state index is -1.15. The number of halogens is 1. The number of carbonyl (C=O) groups is 2. The fourth-order valence-electron chi connectivity index (χ4n) is 2.21. The predicted molar refractivity (Wildman–Crippen MR) is 93.1 cm³/mol. The second kappa shape index (κ2) is 7.36. The molecule has 1 amide bonds. The number of amides is 1. The van der Waals surface area contributed by atoms with Gasteiger partial charge >= 0.3 is 5.97 Å². The summed E-state index contributed by atoms with van der Waals surface area (Å²) in [6.07, 6.45) is 2.94. The topological polar surface area (TPSA) is 115 Å². The minimum Gasteiger partial charge on any atom is -0.476 e. The van der Waals surface area contributed by atoms with Crippen molar-refractivity contribution in [1.29, 1.82) is 0 Å². The Morgan fingerprint density at radius 3 is 2.62 bits per heavy atom. The van der Waals surface area contributed by atoms with E-state index in [-0.39, 0.29) is 11.6 Å². The highest BCUT2D eigenvalue weighted by Gasteiger charge is 2.19. The van der Waals surface area contributed by atoms with Crippen LogP contribution in [-0.4, -0.2) is 41.5 Å². The van der Waals surface area contributed by atoms with Crippen molar-refractivity contribution >= 4 is 29.4 Å². The molecule has 134 valence electrons. The molecule has 1 unspecified atom stereocenters. The predicted octanol–water partition coefficient (Wildman–Crippen LogP) is 2.07. The van der Waals surface area contributed by atoms with Gasteiger partial charge in [0.15, 0.2) is 5.69 Å². The van der Waals surface area contributed by atoms with Crippen LogP contribution >= 0.6 is 11.6 Å². The molecule has 3 aromatic rings. The highest BCUT2D eigenvalue weighted by Crippen LogP contribution is 2.12. The standard InChI is InChI=1S/C16H15ClN6O3/c1-10(23-7-6-13(20-23)15(25)26)14(24)19-16-18-9-22(21-16)8-11-2-4-12(17)5-3-11/h2-7,9-10H,8H2,1H3,(H,25,26)(H,19,21,24). The van der Waals surface area contributed by atoms with E-state index in [1.165, 1.54) is 23.3 Å². The van der Waals surface area contributed by atoms with Gasteiger partial charge in [-0.1, -0.05) is 23.7 Å². The van der Waals surface area contributed by atoms with Crippen LogP contribution in [0.15, 0.2) is 42.9 Å². The molecule has 2 heterocycles. The number of aromatic nitrogens is 5. The van der Waals surface area contributed by atoms with Crippen LogP contribution in [0.25, 0.3) is 0 Å². The van der Waals surface area contributed by atoms with Gasteiger partial charge in [0.2, 0.25) is 5.95 Å². The highest BCUT2D eigenvalue weighted by atomic mass is 35.5. The molecule has 0 fully saturated rings. The number of anilines is 1. The Bertz CT molecular complexity index is 934. The van der Waals surface area contributed by atoms with Crippen LogP contribution in [0.3, 0.4) is 0 Å². The summed E-state index contributed by atoms with van der Waals surface area (Å²) < 4.78 is 2.85. The van der Waals surface area contributed by atoms with Gasteiger partial charge in [-0.2, -0.15) is 5.10 Å². The number of hydrogen-bond acceptors (Lipinski definition) is 5. The maximum atomic E-state index is 12.3. The lowest BCUT2D eigenvalue weighted by Gasteiger charge is -2.10. The fourth-order valence-corrected chi connectivity index (χ4v) is 2.33. The first-order chi connectivity index (χ1) is 12.4. The number of carboxylic acids is 1. The van der Waals surface area contributed by atoms with Crippen LogP contribution in [0.5, 0.6) is 0 Å². The highest BCUT2D eigenvalue weighted by molar-refractivity contribution is 6.30. The Labute approximate surface area is 153 Å². The van der Waals surface area contributed by atoms with Crippen LogP contribution in [0.2, 0.25) is 5.02 Å². The zero-order chi connectivity index (χ0) is 18.7.